The molecule has 4 nitrogen and oxygen atoms in total. The lowest BCUT2D eigenvalue weighted by molar-refractivity contribution is 0.356. The second-order valence-corrected chi connectivity index (χ2v) is 7.19. The SMILES string of the molecule is CCCn1ncc(Br)c1C(CC1CCSCC1)NN. The summed E-state index contributed by atoms with van der Waals surface area (Å²) in [5.41, 5.74) is 4.19. The second-order valence-electron chi connectivity index (χ2n) is 5.11. The molecule has 3 N–H and O–H groups in total. The maximum Gasteiger partial charge on any atom is 0.0709 e. The average Bonchev–Trinajstić information content (AvgIpc) is 2.79. The summed E-state index contributed by atoms with van der Waals surface area (Å²) in [6.07, 6.45) is 6.68. The smallest absolute Gasteiger partial charge is 0.0709 e. The van der Waals surface area contributed by atoms with Gasteiger partial charge in [-0.25, -0.2) is 0 Å². The van der Waals surface area contributed by atoms with Gasteiger partial charge in [0.2, 0.25) is 0 Å². The van der Waals surface area contributed by atoms with Gasteiger partial charge in [-0.1, -0.05) is 6.92 Å². The minimum atomic E-state index is 0.191. The summed E-state index contributed by atoms with van der Waals surface area (Å²) in [5, 5.41) is 4.44. The number of hydrogen-bond donors (Lipinski definition) is 2. The Morgan fingerprint density at radius 2 is 2.32 bits per heavy atom. The molecule has 2 heterocycles. The molecule has 0 amide bonds. The predicted octanol–water partition coefficient (Wildman–Crippen LogP) is 3.09. The van der Waals surface area contributed by atoms with Crippen molar-refractivity contribution in [1.29, 1.82) is 0 Å². The fraction of sp³-hybridized carbons (Fsp3) is 0.769. The zero-order valence-corrected chi connectivity index (χ0v) is 13.8. The molecule has 0 saturated carbocycles. The first-order valence-electron chi connectivity index (χ1n) is 7.01. The highest BCUT2D eigenvalue weighted by Gasteiger charge is 2.24. The molecule has 1 fully saturated rings. The first-order valence-corrected chi connectivity index (χ1v) is 8.96. The van der Waals surface area contributed by atoms with Gasteiger partial charge < -0.3 is 0 Å². The highest BCUT2D eigenvalue weighted by molar-refractivity contribution is 9.10. The molecule has 108 valence electrons. The van der Waals surface area contributed by atoms with Gasteiger partial charge in [-0.3, -0.25) is 16.0 Å². The van der Waals surface area contributed by atoms with Crippen molar-refractivity contribution in [3.8, 4) is 0 Å². The Morgan fingerprint density at radius 1 is 1.58 bits per heavy atom. The van der Waals surface area contributed by atoms with Gasteiger partial charge >= 0.3 is 0 Å². The first kappa shape index (κ1) is 15.4. The Hall–Kier alpha value is -0.0400. The summed E-state index contributed by atoms with van der Waals surface area (Å²) in [5.74, 6) is 9.15. The number of hydrogen-bond acceptors (Lipinski definition) is 4. The quantitative estimate of drug-likeness (QED) is 0.613. The van der Waals surface area contributed by atoms with Crippen LogP contribution >= 0.6 is 27.7 Å². The van der Waals surface area contributed by atoms with E-state index in [4.69, 9.17) is 5.84 Å². The van der Waals surface area contributed by atoms with Crippen LogP contribution in [0.1, 0.15) is 44.3 Å². The van der Waals surface area contributed by atoms with Gasteiger partial charge in [-0.2, -0.15) is 16.9 Å². The fourth-order valence-electron chi connectivity index (χ4n) is 2.68. The van der Waals surface area contributed by atoms with Crippen molar-refractivity contribution in [2.24, 2.45) is 11.8 Å². The van der Waals surface area contributed by atoms with E-state index in [0.717, 1.165) is 29.8 Å². The van der Waals surface area contributed by atoms with Crippen LogP contribution in [0.25, 0.3) is 0 Å². The molecule has 2 rings (SSSR count). The molecule has 1 aliphatic rings. The first-order chi connectivity index (χ1) is 9.26. The van der Waals surface area contributed by atoms with E-state index in [1.54, 1.807) is 0 Å². The van der Waals surface area contributed by atoms with E-state index >= 15 is 0 Å². The number of aryl methyl sites for hydroxylation is 1. The van der Waals surface area contributed by atoms with Gasteiger partial charge in [-0.15, -0.1) is 0 Å². The molecule has 1 atom stereocenters. The van der Waals surface area contributed by atoms with Crippen molar-refractivity contribution in [2.75, 3.05) is 11.5 Å². The Kier molecular flexibility index (Phi) is 6.19. The lowest BCUT2D eigenvalue weighted by Crippen LogP contribution is -2.32. The van der Waals surface area contributed by atoms with E-state index < -0.39 is 0 Å². The fourth-order valence-corrected chi connectivity index (χ4v) is 4.46. The molecule has 1 unspecified atom stereocenters. The normalized spacial score (nSPS) is 18.7. The Balaban J connectivity index is 2.09. The lowest BCUT2D eigenvalue weighted by atomic mass is 9.93. The van der Waals surface area contributed by atoms with Crippen molar-refractivity contribution in [3.63, 3.8) is 0 Å². The molecular weight excluding hydrogens is 324 g/mol. The van der Waals surface area contributed by atoms with Crippen molar-refractivity contribution < 1.29 is 0 Å². The summed E-state index contributed by atoms with van der Waals surface area (Å²) in [7, 11) is 0. The van der Waals surface area contributed by atoms with E-state index in [2.05, 4.69) is 49.8 Å². The molecule has 1 aromatic rings. The summed E-state index contributed by atoms with van der Waals surface area (Å²) in [6, 6.07) is 0.191. The van der Waals surface area contributed by atoms with Gasteiger partial charge in [0.25, 0.3) is 0 Å². The zero-order chi connectivity index (χ0) is 13.7. The molecular formula is C13H23BrN4S. The van der Waals surface area contributed by atoms with Crippen molar-refractivity contribution in [3.05, 3.63) is 16.4 Å². The Labute approximate surface area is 128 Å². The van der Waals surface area contributed by atoms with Crippen molar-refractivity contribution in [1.82, 2.24) is 15.2 Å². The molecule has 1 aliphatic heterocycles. The van der Waals surface area contributed by atoms with Crippen LogP contribution in [-0.2, 0) is 6.54 Å². The van der Waals surface area contributed by atoms with Gasteiger partial charge in [0.1, 0.15) is 0 Å². The van der Waals surface area contributed by atoms with Crippen molar-refractivity contribution in [2.45, 2.75) is 45.2 Å². The zero-order valence-electron chi connectivity index (χ0n) is 11.4. The summed E-state index contributed by atoms with van der Waals surface area (Å²) in [4.78, 5) is 0. The molecule has 0 aliphatic carbocycles. The molecule has 0 radical (unpaired) electrons. The van der Waals surface area contributed by atoms with Crippen LogP contribution in [-0.4, -0.2) is 21.3 Å². The molecule has 0 aromatic carbocycles. The number of halogens is 1. The highest BCUT2D eigenvalue weighted by Crippen LogP contribution is 2.33. The number of nitrogens with one attached hydrogen (secondary N) is 1. The van der Waals surface area contributed by atoms with E-state index in [0.29, 0.717) is 0 Å². The number of aromatic nitrogens is 2. The summed E-state index contributed by atoms with van der Waals surface area (Å²) >= 11 is 5.68. The van der Waals surface area contributed by atoms with E-state index in [9.17, 15) is 0 Å². The largest absolute Gasteiger partial charge is 0.271 e. The van der Waals surface area contributed by atoms with E-state index in [1.807, 2.05) is 6.20 Å². The van der Waals surface area contributed by atoms with Gasteiger partial charge in [0.05, 0.1) is 22.4 Å². The molecule has 0 bridgehead atoms. The van der Waals surface area contributed by atoms with E-state index in [1.165, 1.54) is 30.0 Å². The molecule has 1 saturated heterocycles. The van der Waals surface area contributed by atoms with Crippen molar-refractivity contribution >= 4 is 27.7 Å². The van der Waals surface area contributed by atoms with Crippen LogP contribution in [0.2, 0.25) is 0 Å². The molecule has 1 aromatic heterocycles. The minimum absolute atomic E-state index is 0.191. The average molecular weight is 347 g/mol. The minimum Gasteiger partial charge on any atom is -0.271 e. The van der Waals surface area contributed by atoms with Gasteiger partial charge in [0, 0.05) is 6.54 Å². The molecule has 19 heavy (non-hydrogen) atoms. The van der Waals surface area contributed by atoms with Crippen LogP contribution in [0.3, 0.4) is 0 Å². The monoisotopic (exact) mass is 346 g/mol. The Bertz CT molecular complexity index is 390. The summed E-state index contributed by atoms with van der Waals surface area (Å²) in [6.45, 7) is 3.11. The second kappa shape index (κ2) is 7.67. The number of nitrogens with two attached hydrogens (primary N) is 1. The third kappa shape index (κ3) is 3.97. The van der Waals surface area contributed by atoms with Gasteiger partial charge in [0.15, 0.2) is 0 Å². The number of thioether (sulfide) groups is 1. The topological polar surface area (TPSA) is 55.9 Å². The number of rotatable bonds is 6. The van der Waals surface area contributed by atoms with E-state index in [-0.39, 0.29) is 6.04 Å². The third-order valence-electron chi connectivity index (χ3n) is 3.71. The third-order valence-corrected chi connectivity index (χ3v) is 5.37. The highest BCUT2D eigenvalue weighted by atomic mass is 79.9. The standard InChI is InChI=1S/C13H23BrN4S/c1-2-5-18-13(11(14)9-16-18)12(17-15)8-10-3-6-19-7-4-10/h9-10,12,17H,2-8,15H2,1H3. The van der Waals surface area contributed by atoms with Crippen LogP contribution in [0.15, 0.2) is 10.7 Å². The predicted molar refractivity (Wildman–Crippen MR) is 84.9 cm³/mol. The van der Waals surface area contributed by atoms with Gasteiger partial charge in [-0.05, 0) is 59.0 Å². The van der Waals surface area contributed by atoms with Crippen LogP contribution in [0, 0.1) is 5.92 Å². The maximum atomic E-state index is 5.80. The Morgan fingerprint density at radius 3 is 2.95 bits per heavy atom. The number of nitrogens with zero attached hydrogens (tertiary/aromatic N) is 2. The van der Waals surface area contributed by atoms with Crippen LogP contribution in [0.5, 0.6) is 0 Å². The molecule has 0 spiro atoms. The maximum absolute atomic E-state index is 5.80. The molecule has 6 heteroatoms. The van der Waals surface area contributed by atoms with Crippen LogP contribution in [0.4, 0.5) is 0 Å². The van der Waals surface area contributed by atoms with Crippen LogP contribution < -0.4 is 11.3 Å². The number of hydrazine groups is 1. The summed E-state index contributed by atoms with van der Waals surface area (Å²) < 4.78 is 3.14. The lowest BCUT2D eigenvalue weighted by Gasteiger charge is -2.26.